The van der Waals surface area contributed by atoms with Crippen LogP contribution in [-0.2, 0) is 5.54 Å². The molecular formula is C31H25N5O. The summed E-state index contributed by atoms with van der Waals surface area (Å²) < 4.78 is 7.72. The van der Waals surface area contributed by atoms with Gasteiger partial charge < -0.3 is 10.5 Å². The molecule has 1 aliphatic rings. The van der Waals surface area contributed by atoms with Crippen molar-refractivity contribution in [2.75, 3.05) is 0 Å². The summed E-state index contributed by atoms with van der Waals surface area (Å²) in [5.74, 6) is 1.16. The maximum atomic E-state index is 6.55. The molecule has 1 aliphatic carbocycles. The van der Waals surface area contributed by atoms with Gasteiger partial charge in [0.1, 0.15) is 5.75 Å². The summed E-state index contributed by atoms with van der Waals surface area (Å²) in [6.07, 6.45) is 5.22. The van der Waals surface area contributed by atoms with E-state index in [2.05, 4.69) is 58.6 Å². The Morgan fingerprint density at radius 1 is 0.757 bits per heavy atom. The molecule has 0 spiro atoms. The van der Waals surface area contributed by atoms with E-state index in [9.17, 15) is 0 Å². The summed E-state index contributed by atoms with van der Waals surface area (Å²) >= 11 is 0. The zero-order chi connectivity index (χ0) is 24.8. The van der Waals surface area contributed by atoms with Gasteiger partial charge in [-0.2, -0.15) is 4.98 Å². The lowest BCUT2D eigenvalue weighted by molar-refractivity contribution is 0.253. The van der Waals surface area contributed by atoms with Crippen molar-refractivity contribution >= 4 is 16.6 Å². The highest BCUT2D eigenvalue weighted by atomic mass is 16.5. The quantitative estimate of drug-likeness (QED) is 0.294. The second-order valence-corrected chi connectivity index (χ2v) is 9.71. The fourth-order valence-corrected chi connectivity index (χ4v) is 5.04. The van der Waals surface area contributed by atoms with Crippen LogP contribution in [0.4, 0.5) is 0 Å². The molecule has 2 N–H and O–H groups in total. The first-order chi connectivity index (χ1) is 18.1. The van der Waals surface area contributed by atoms with Gasteiger partial charge in [-0.15, -0.1) is 5.10 Å². The van der Waals surface area contributed by atoms with Crippen LogP contribution in [0.3, 0.4) is 0 Å². The van der Waals surface area contributed by atoms with E-state index < -0.39 is 0 Å². The van der Waals surface area contributed by atoms with Crippen LogP contribution < -0.4 is 10.5 Å². The van der Waals surface area contributed by atoms with E-state index in [1.807, 2.05) is 54.7 Å². The number of nitrogens with zero attached hydrogens (tertiary/aromatic N) is 4. The van der Waals surface area contributed by atoms with Crippen LogP contribution in [0, 0.1) is 0 Å². The van der Waals surface area contributed by atoms with Gasteiger partial charge in [0, 0.05) is 22.9 Å². The molecule has 6 heteroatoms. The first-order valence-electron chi connectivity index (χ1n) is 12.5. The number of rotatable bonds is 5. The van der Waals surface area contributed by atoms with Crippen molar-refractivity contribution in [3.05, 3.63) is 109 Å². The van der Waals surface area contributed by atoms with E-state index in [0.717, 1.165) is 46.0 Å². The van der Waals surface area contributed by atoms with Gasteiger partial charge in [0.15, 0.2) is 0 Å². The molecule has 0 saturated heterocycles. The van der Waals surface area contributed by atoms with Crippen molar-refractivity contribution in [2.24, 2.45) is 5.73 Å². The Kier molecular flexibility index (Phi) is 5.01. The van der Waals surface area contributed by atoms with E-state index in [4.69, 9.17) is 15.5 Å². The van der Waals surface area contributed by atoms with E-state index in [0.29, 0.717) is 11.5 Å². The van der Waals surface area contributed by atoms with Crippen molar-refractivity contribution < 1.29 is 4.74 Å². The second-order valence-electron chi connectivity index (χ2n) is 9.71. The minimum atomic E-state index is -0.194. The molecule has 0 unspecified atom stereocenters. The molecule has 0 aliphatic heterocycles. The van der Waals surface area contributed by atoms with Crippen LogP contribution in [0.15, 0.2) is 103 Å². The average Bonchev–Trinajstić information content (AvgIpc) is 3.32. The Balaban J connectivity index is 1.30. The highest BCUT2D eigenvalue weighted by Gasteiger charge is 2.34. The Morgan fingerprint density at radius 3 is 2.27 bits per heavy atom. The van der Waals surface area contributed by atoms with Gasteiger partial charge in [-0.05, 0) is 53.3 Å². The monoisotopic (exact) mass is 483 g/mol. The van der Waals surface area contributed by atoms with E-state index in [1.165, 1.54) is 12.0 Å². The summed E-state index contributed by atoms with van der Waals surface area (Å²) in [5.41, 5.74) is 11.4. The number of benzene rings is 4. The fraction of sp³-hybridized carbons (Fsp3) is 0.129. The topological polar surface area (TPSA) is 78.3 Å². The molecule has 6 aromatic rings. The molecule has 0 bridgehead atoms. The van der Waals surface area contributed by atoms with Crippen LogP contribution in [0.25, 0.3) is 38.9 Å². The lowest BCUT2D eigenvalue weighted by atomic mass is 9.72. The van der Waals surface area contributed by atoms with Gasteiger partial charge in [-0.3, -0.25) is 0 Å². The molecule has 180 valence electrons. The summed E-state index contributed by atoms with van der Waals surface area (Å²) in [6.45, 7) is 0. The maximum Gasteiger partial charge on any atom is 0.343 e. The van der Waals surface area contributed by atoms with Crippen LogP contribution >= 0.6 is 0 Å². The number of aromatic nitrogens is 4. The van der Waals surface area contributed by atoms with Gasteiger partial charge in [-0.25, -0.2) is 9.50 Å². The zero-order valence-electron chi connectivity index (χ0n) is 20.2. The summed E-state index contributed by atoms with van der Waals surface area (Å²) in [7, 11) is 0. The SMILES string of the molecule is NC1(c2ccc(-c3nc4nc(Oc5ccc6ccccc6c5)nn4cc3-c3ccccc3)cc2)CCC1. The van der Waals surface area contributed by atoms with E-state index in [1.54, 1.807) is 4.52 Å². The molecule has 2 aromatic heterocycles. The van der Waals surface area contributed by atoms with Gasteiger partial charge in [0.2, 0.25) is 0 Å². The third-order valence-electron chi connectivity index (χ3n) is 7.31. The predicted molar refractivity (Wildman–Crippen MR) is 145 cm³/mol. The Hall–Kier alpha value is -4.55. The highest BCUT2D eigenvalue weighted by molar-refractivity contribution is 5.84. The summed E-state index contributed by atoms with van der Waals surface area (Å²) in [4.78, 5) is 9.52. The number of nitrogens with two attached hydrogens (primary N) is 1. The minimum Gasteiger partial charge on any atom is -0.423 e. The number of ether oxygens (including phenoxy) is 1. The Morgan fingerprint density at radius 2 is 1.51 bits per heavy atom. The van der Waals surface area contributed by atoms with Crippen molar-refractivity contribution in [1.82, 2.24) is 19.6 Å². The summed E-state index contributed by atoms with van der Waals surface area (Å²) in [5, 5.41) is 6.83. The lowest BCUT2D eigenvalue weighted by Crippen LogP contribution is -2.43. The standard InChI is InChI=1S/C31H25N5O/c32-31(17-6-18-31)25-14-11-23(12-15-25)28-27(22-8-2-1-3-9-22)20-36-29(33-28)34-30(35-36)37-26-16-13-21-7-4-5-10-24(21)19-26/h1-5,7-16,19-20H,6,17-18,32H2. The number of hydrogen-bond acceptors (Lipinski definition) is 5. The Labute approximate surface area is 214 Å². The third-order valence-corrected chi connectivity index (χ3v) is 7.31. The number of fused-ring (bicyclic) bond motifs is 2. The van der Waals surface area contributed by atoms with E-state index >= 15 is 0 Å². The molecule has 37 heavy (non-hydrogen) atoms. The smallest absolute Gasteiger partial charge is 0.343 e. The molecule has 0 amide bonds. The Bertz CT molecular complexity index is 1740. The average molecular weight is 484 g/mol. The van der Waals surface area contributed by atoms with Gasteiger partial charge in [-0.1, -0.05) is 84.9 Å². The van der Waals surface area contributed by atoms with Crippen LogP contribution in [0.1, 0.15) is 24.8 Å². The van der Waals surface area contributed by atoms with Crippen LogP contribution in [-0.4, -0.2) is 19.6 Å². The van der Waals surface area contributed by atoms with Gasteiger partial charge >= 0.3 is 6.01 Å². The molecule has 0 radical (unpaired) electrons. The van der Waals surface area contributed by atoms with Crippen molar-refractivity contribution in [1.29, 1.82) is 0 Å². The largest absolute Gasteiger partial charge is 0.423 e. The lowest BCUT2D eigenvalue weighted by Gasteiger charge is -2.38. The number of hydrogen-bond donors (Lipinski definition) is 1. The first kappa shape index (κ1) is 21.7. The van der Waals surface area contributed by atoms with Crippen molar-refractivity contribution in [3.63, 3.8) is 0 Å². The summed E-state index contributed by atoms with van der Waals surface area (Å²) in [6, 6.07) is 33.1. The van der Waals surface area contributed by atoms with Crippen LogP contribution in [0.5, 0.6) is 11.8 Å². The molecule has 0 atom stereocenters. The van der Waals surface area contributed by atoms with Crippen molar-refractivity contribution in [2.45, 2.75) is 24.8 Å². The third kappa shape index (κ3) is 3.92. The maximum absolute atomic E-state index is 6.55. The molecule has 2 heterocycles. The van der Waals surface area contributed by atoms with Crippen molar-refractivity contribution in [3.8, 4) is 34.1 Å². The van der Waals surface area contributed by atoms with Gasteiger partial charge in [0.05, 0.1) is 5.69 Å². The second kappa shape index (κ2) is 8.54. The molecule has 6 nitrogen and oxygen atoms in total. The molecule has 1 saturated carbocycles. The molecular weight excluding hydrogens is 458 g/mol. The molecule has 1 fully saturated rings. The fourth-order valence-electron chi connectivity index (χ4n) is 5.04. The zero-order valence-corrected chi connectivity index (χ0v) is 20.2. The molecule has 7 rings (SSSR count). The van der Waals surface area contributed by atoms with Crippen LogP contribution in [0.2, 0.25) is 0 Å². The predicted octanol–water partition coefficient (Wildman–Crippen LogP) is 6.74. The highest BCUT2D eigenvalue weighted by Crippen LogP contribution is 2.40. The van der Waals surface area contributed by atoms with Gasteiger partial charge in [0.25, 0.3) is 5.78 Å². The molecule has 4 aromatic carbocycles. The van der Waals surface area contributed by atoms with E-state index in [-0.39, 0.29) is 11.5 Å². The minimum absolute atomic E-state index is 0.194. The normalized spacial score (nSPS) is 14.5. The first-order valence-corrected chi connectivity index (χ1v) is 12.5.